The number of nitrogens with one attached hydrogen (secondary N) is 2. The number of carbonyl (C=O) groups is 2. The third kappa shape index (κ3) is 3.86. The second-order valence-corrected chi connectivity index (χ2v) is 5.40. The number of nitrogens with two attached hydrogens (primary N) is 1. The van der Waals surface area contributed by atoms with E-state index in [-0.39, 0.29) is 24.4 Å². The van der Waals surface area contributed by atoms with E-state index in [1.54, 1.807) is 18.2 Å². The van der Waals surface area contributed by atoms with Crippen molar-refractivity contribution in [3.63, 3.8) is 0 Å². The van der Waals surface area contributed by atoms with Gasteiger partial charge in [-0.15, -0.1) is 0 Å². The number of hydrogen-bond donors (Lipinski definition) is 3. The SMILES string of the molecule is CCC1C(=O)NCCN1CC(=O)Nc1ccc(Cl)cc1N. The Morgan fingerprint density at radius 2 is 2.33 bits per heavy atom. The molecule has 6 nitrogen and oxygen atoms in total. The molecule has 0 saturated carbocycles. The molecule has 1 saturated heterocycles. The predicted molar refractivity (Wildman–Crippen MR) is 83.2 cm³/mol. The van der Waals surface area contributed by atoms with Crippen LogP contribution >= 0.6 is 11.6 Å². The van der Waals surface area contributed by atoms with Gasteiger partial charge in [0.05, 0.1) is 24.0 Å². The van der Waals surface area contributed by atoms with E-state index in [9.17, 15) is 9.59 Å². The summed E-state index contributed by atoms with van der Waals surface area (Å²) in [7, 11) is 0. The molecule has 2 rings (SSSR count). The highest BCUT2D eigenvalue weighted by Gasteiger charge is 2.29. The highest BCUT2D eigenvalue weighted by Crippen LogP contribution is 2.22. The van der Waals surface area contributed by atoms with Crippen LogP contribution in [0.15, 0.2) is 18.2 Å². The maximum atomic E-state index is 12.1. The summed E-state index contributed by atoms with van der Waals surface area (Å²) in [5.74, 6) is -0.222. The van der Waals surface area contributed by atoms with E-state index >= 15 is 0 Å². The van der Waals surface area contributed by atoms with Gasteiger partial charge in [0.25, 0.3) is 0 Å². The van der Waals surface area contributed by atoms with Crippen LogP contribution in [0.2, 0.25) is 5.02 Å². The molecule has 0 radical (unpaired) electrons. The average molecular weight is 311 g/mol. The zero-order valence-electron chi connectivity index (χ0n) is 11.9. The molecule has 1 aliphatic rings. The van der Waals surface area contributed by atoms with Crippen molar-refractivity contribution in [1.82, 2.24) is 10.2 Å². The van der Waals surface area contributed by atoms with Gasteiger partial charge in [0.2, 0.25) is 11.8 Å². The van der Waals surface area contributed by atoms with Crippen LogP contribution in [0.3, 0.4) is 0 Å². The van der Waals surface area contributed by atoms with E-state index < -0.39 is 0 Å². The van der Waals surface area contributed by atoms with Crippen molar-refractivity contribution in [2.24, 2.45) is 0 Å². The van der Waals surface area contributed by atoms with E-state index in [0.29, 0.717) is 35.9 Å². The topological polar surface area (TPSA) is 87.5 Å². The molecule has 4 N–H and O–H groups in total. The number of carbonyl (C=O) groups excluding carboxylic acids is 2. The van der Waals surface area contributed by atoms with Gasteiger partial charge in [-0.3, -0.25) is 14.5 Å². The quantitative estimate of drug-likeness (QED) is 0.726. The van der Waals surface area contributed by atoms with Gasteiger partial charge >= 0.3 is 0 Å². The van der Waals surface area contributed by atoms with Crippen LogP contribution in [0.4, 0.5) is 11.4 Å². The van der Waals surface area contributed by atoms with Gasteiger partial charge in [-0.1, -0.05) is 18.5 Å². The zero-order chi connectivity index (χ0) is 15.4. The van der Waals surface area contributed by atoms with Crippen LogP contribution in [0.5, 0.6) is 0 Å². The van der Waals surface area contributed by atoms with Crippen molar-refractivity contribution in [2.75, 3.05) is 30.7 Å². The Hall–Kier alpha value is -1.79. The molecule has 1 aromatic rings. The maximum Gasteiger partial charge on any atom is 0.238 e. The highest BCUT2D eigenvalue weighted by atomic mass is 35.5. The first-order valence-corrected chi connectivity index (χ1v) is 7.25. The van der Waals surface area contributed by atoms with Gasteiger partial charge in [-0.25, -0.2) is 0 Å². The van der Waals surface area contributed by atoms with E-state index in [4.69, 9.17) is 17.3 Å². The molecule has 1 heterocycles. The first-order valence-electron chi connectivity index (χ1n) is 6.88. The van der Waals surface area contributed by atoms with Crippen molar-refractivity contribution < 1.29 is 9.59 Å². The van der Waals surface area contributed by atoms with Gasteiger partial charge in [-0.2, -0.15) is 0 Å². The number of nitrogens with zero attached hydrogens (tertiary/aromatic N) is 1. The first kappa shape index (κ1) is 15.6. The molecule has 1 fully saturated rings. The number of rotatable bonds is 4. The van der Waals surface area contributed by atoms with Crippen molar-refractivity contribution >= 4 is 34.8 Å². The molecule has 1 aromatic carbocycles. The smallest absolute Gasteiger partial charge is 0.238 e. The van der Waals surface area contributed by atoms with Gasteiger partial charge in [0.15, 0.2) is 0 Å². The van der Waals surface area contributed by atoms with Crippen LogP contribution in [-0.2, 0) is 9.59 Å². The number of halogens is 1. The van der Waals surface area contributed by atoms with E-state index in [2.05, 4.69) is 10.6 Å². The molecule has 1 atom stereocenters. The Morgan fingerprint density at radius 1 is 1.57 bits per heavy atom. The number of hydrogen-bond acceptors (Lipinski definition) is 4. The normalized spacial score (nSPS) is 19.1. The van der Waals surface area contributed by atoms with Gasteiger partial charge in [-0.05, 0) is 24.6 Å². The molecule has 0 aromatic heterocycles. The Kier molecular flexibility index (Phi) is 5.03. The Bertz CT molecular complexity index is 550. The first-order chi connectivity index (χ1) is 10.0. The third-order valence-corrected chi connectivity index (χ3v) is 3.70. The number of benzene rings is 1. The standard InChI is InChI=1S/C14H19ClN4O2/c1-2-12-14(21)17-5-6-19(12)8-13(20)18-11-4-3-9(15)7-10(11)16/h3-4,7,12H,2,5-6,8,16H2,1H3,(H,17,21)(H,18,20). The summed E-state index contributed by atoms with van der Waals surface area (Å²) in [4.78, 5) is 25.7. The lowest BCUT2D eigenvalue weighted by Crippen LogP contribution is -2.56. The van der Waals surface area contributed by atoms with E-state index in [1.807, 2.05) is 11.8 Å². The van der Waals surface area contributed by atoms with E-state index in [0.717, 1.165) is 0 Å². The van der Waals surface area contributed by atoms with E-state index in [1.165, 1.54) is 0 Å². The zero-order valence-corrected chi connectivity index (χ0v) is 12.6. The number of nitrogen functional groups attached to an aromatic ring is 1. The maximum absolute atomic E-state index is 12.1. The summed E-state index contributed by atoms with van der Waals surface area (Å²) in [6.07, 6.45) is 0.669. The molecule has 21 heavy (non-hydrogen) atoms. The monoisotopic (exact) mass is 310 g/mol. The van der Waals surface area contributed by atoms with Crippen LogP contribution in [0.1, 0.15) is 13.3 Å². The lowest BCUT2D eigenvalue weighted by Gasteiger charge is -2.33. The van der Waals surface area contributed by atoms with Crippen LogP contribution < -0.4 is 16.4 Å². The number of anilines is 2. The molecule has 2 amide bonds. The number of amides is 2. The van der Waals surface area contributed by atoms with Crippen molar-refractivity contribution in [2.45, 2.75) is 19.4 Å². The summed E-state index contributed by atoms with van der Waals surface area (Å²) >= 11 is 5.82. The summed E-state index contributed by atoms with van der Waals surface area (Å²) in [5.41, 5.74) is 6.74. The van der Waals surface area contributed by atoms with Crippen LogP contribution in [-0.4, -0.2) is 42.4 Å². The molecule has 1 aliphatic heterocycles. The Morgan fingerprint density at radius 3 is 3.00 bits per heavy atom. The minimum absolute atomic E-state index is 0.0254. The fraction of sp³-hybridized carbons (Fsp3) is 0.429. The van der Waals surface area contributed by atoms with Crippen molar-refractivity contribution in [3.05, 3.63) is 23.2 Å². The average Bonchev–Trinajstić information content (AvgIpc) is 2.42. The molecule has 0 spiro atoms. The van der Waals surface area contributed by atoms with Crippen molar-refractivity contribution in [3.8, 4) is 0 Å². The summed E-state index contributed by atoms with van der Waals surface area (Å²) < 4.78 is 0. The Balaban J connectivity index is 1.99. The third-order valence-electron chi connectivity index (χ3n) is 3.46. The second-order valence-electron chi connectivity index (χ2n) is 4.97. The number of piperazine rings is 1. The largest absolute Gasteiger partial charge is 0.397 e. The lowest BCUT2D eigenvalue weighted by molar-refractivity contribution is -0.130. The van der Waals surface area contributed by atoms with Gasteiger partial charge < -0.3 is 16.4 Å². The minimum Gasteiger partial charge on any atom is -0.397 e. The predicted octanol–water partition coefficient (Wildman–Crippen LogP) is 1.07. The highest BCUT2D eigenvalue weighted by molar-refractivity contribution is 6.31. The van der Waals surface area contributed by atoms with Crippen molar-refractivity contribution in [1.29, 1.82) is 0 Å². The van der Waals surface area contributed by atoms with Gasteiger partial charge in [0, 0.05) is 18.1 Å². The molecular formula is C14H19ClN4O2. The molecule has 7 heteroatoms. The van der Waals surface area contributed by atoms with Crippen LogP contribution in [0, 0.1) is 0 Å². The fourth-order valence-corrected chi connectivity index (χ4v) is 2.60. The van der Waals surface area contributed by atoms with Gasteiger partial charge in [0.1, 0.15) is 0 Å². The molecule has 0 aliphatic carbocycles. The van der Waals surface area contributed by atoms with Crippen LogP contribution in [0.25, 0.3) is 0 Å². The fourth-order valence-electron chi connectivity index (χ4n) is 2.42. The lowest BCUT2D eigenvalue weighted by atomic mass is 10.1. The second kappa shape index (κ2) is 6.78. The summed E-state index contributed by atoms with van der Waals surface area (Å²) in [6.45, 7) is 3.31. The molecular weight excluding hydrogens is 292 g/mol. The molecule has 1 unspecified atom stereocenters. The summed E-state index contributed by atoms with van der Waals surface area (Å²) in [6, 6.07) is 4.65. The molecule has 0 bridgehead atoms. The minimum atomic E-state index is -0.257. The summed E-state index contributed by atoms with van der Waals surface area (Å²) in [5, 5.41) is 6.07. The Labute approximate surface area is 128 Å². The molecule has 114 valence electrons.